The summed E-state index contributed by atoms with van der Waals surface area (Å²) in [4.78, 5) is 24.9. The summed E-state index contributed by atoms with van der Waals surface area (Å²) in [5.41, 5.74) is 2.37. The van der Waals surface area contributed by atoms with Crippen LogP contribution in [0.15, 0.2) is 24.3 Å². The minimum absolute atomic E-state index is 0.188. The third-order valence-corrected chi connectivity index (χ3v) is 2.90. The molecule has 5 nitrogen and oxygen atoms in total. The molecule has 2 N–H and O–H groups in total. The lowest BCUT2D eigenvalue weighted by molar-refractivity contribution is -0.120. The van der Waals surface area contributed by atoms with Crippen molar-refractivity contribution in [2.45, 2.75) is 26.8 Å². The van der Waals surface area contributed by atoms with E-state index in [1.807, 2.05) is 50.1 Å². The third kappa shape index (κ3) is 5.84. The van der Waals surface area contributed by atoms with Gasteiger partial charge in [0.15, 0.2) is 0 Å². The summed E-state index contributed by atoms with van der Waals surface area (Å²) in [5, 5.41) is 4.92. The van der Waals surface area contributed by atoms with Crippen molar-refractivity contribution in [3.63, 3.8) is 0 Å². The number of rotatable bonds is 6. The zero-order chi connectivity index (χ0) is 15.0. The molecule has 0 bridgehead atoms. The van der Waals surface area contributed by atoms with E-state index in [9.17, 15) is 9.59 Å². The standard InChI is InChI=1S/C15H23N3O2/c1-4-9-16-15(20)17-14(19)11-18(3)10-13-8-6-5-7-12(13)2/h5-8H,4,9-11H2,1-3H3,(H2,16,17,19,20). The molecule has 0 aliphatic rings. The van der Waals surface area contributed by atoms with Crippen LogP contribution < -0.4 is 10.6 Å². The Hall–Kier alpha value is -1.88. The molecule has 1 aromatic rings. The van der Waals surface area contributed by atoms with Gasteiger partial charge in [0.2, 0.25) is 5.91 Å². The van der Waals surface area contributed by atoms with Crippen molar-refractivity contribution in [3.05, 3.63) is 35.4 Å². The van der Waals surface area contributed by atoms with Gasteiger partial charge in [-0.15, -0.1) is 0 Å². The third-order valence-electron chi connectivity index (χ3n) is 2.90. The first kappa shape index (κ1) is 16.2. The van der Waals surface area contributed by atoms with Gasteiger partial charge in [0.05, 0.1) is 6.54 Å². The molecule has 0 radical (unpaired) electrons. The number of nitrogens with one attached hydrogen (secondary N) is 2. The molecule has 1 aromatic carbocycles. The van der Waals surface area contributed by atoms with Crippen LogP contribution in [0.1, 0.15) is 24.5 Å². The highest BCUT2D eigenvalue weighted by Gasteiger charge is 2.10. The topological polar surface area (TPSA) is 61.4 Å². The summed E-state index contributed by atoms with van der Waals surface area (Å²) in [7, 11) is 1.86. The highest BCUT2D eigenvalue weighted by molar-refractivity contribution is 5.95. The van der Waals surface area contributed by atoms with Gasteiger partial charge in [-0.1, -0.05) is 31.2 Å². The Bertz CT molecular complexity index is 460. The molecule has 0 aromatic heterocycles. The van der Waals surface area contributed by atoms with Crippen molar-refractivity contribution >= 4 is 11.9 Å². The molecule has 0 spiro atoms. The molecule has 0 aliphatic carbocycles. The molecule has 0 heterocycles. The van der Waals surface area contributed by atoms with Crippen LogP contribution in [0.3, 0.4) is 0 Å². The first-order chi connectivity index (χ1) is 9.52. The Labute approximate surface area is 120 Å². The maximum Gasteiger partial charge on any atom is 0.321 e. The number of nitrogens with zero attached hydrogens (tertiary/aromatic N) is 1. The van der Waals surface area contributed by atoms with E-state index < -0.39 is 6.03 Å². The van der Waals surface area contributed by atoms with Crippen LogP contribution in [-0.2, 0) is 11.3 Å². The maximum absolute atomic E-state index is 11.7. The van der Waals surface area contributed by atoms with Crippen LogP contribution >= 0.6 is 0 Å². The minimum Gasteiger partial charge on any atom is -0.338 e. The second-order valence-corrected chi connectivity index (χ2v) is 4.90. The summed E-state index contributed by atoms with van der Waals surface area (Å²) in [6.07, 6.45) is 0.842. The summed E-state index contributed by atoms with van der Waals surface area (Å²) in [5.74, 6) is -0.297. The van der Waals surface area contributed by atoms with Crippen LogP contribution in [0, 0.1) is 6.92 Å². The molecule has 0 saturated carbocycles. The molecule has 3 amide bonds. The van der Waals surface area contributed by atoms with E-state index >= 15 is 0 Å². The maximum atomic E-state index is 11.7. The predicted molar refractivity (Wildman–Crippen MR) is 79.3 cm³/mol. The quantitative estimate of drug-likeness (QED) is 0.831. The number of hydrogen-bond donors (Lipinski definition) is 2. The van der Waals surface area contributed by atoms with Crippen molar-refractivity contribution in [3.8, 4) is 0 Å². The fourth-order valence-electron chi connectivity index (χ4n) is 1.83. The predicted octanol–water partition coefficient (Wildman–Crippen LogP) is 1.66. The number of imide groups is 1. The molecule has 0 saturated heterocycles. The van der Waals surface area contributed by atoms with E-state index in [0.717, 1.165) is 6.42 Å². The summed E-state index contributed by atoms with van der Waals surface area (Å²) in [6, 6.07) is 7.62. The average molecular weight is 277 g/mol. The van der Waals surface area contributed by atoms with E-state index in [4.69, 9.17) is 0 Å². The molecular formula is C15H23N3O2. The van der Waals surface area contributed by atoms with Gasteiger partial charge in [-0.2, -0.15) is 0 Å². The average Bonchev–Trinajstić information content (AvgIpc) is 2.38. The van der Waals surface area contributed by atoms with E-state index in [2.05, 4.69) is 10.6 Å². The van der Waals surface area contributed by atoms with Gasteiger partial charge in [0, 0.05) is 13.1 Å². The van der Waals surface area contributed by atoms with Crippen molar-refractivity contribution in [1.82, 2.24) is 15.5 Å². The zero-order valence-corrected chi connectivity index (χ0v) is 12.4. The molecule has 0 unspecified atom stereocenters. The lowest BCUT2D eigenvalue weighted by Gasteiger charge is -2.17. The van der Waals surface area contributed by atoms with Crippen LogP contribution in [-0.4, -0.2) is 37.0 Å². The Morgan fingerprint density at radius 3 is 2.60 bits per heavy atom. The molecular weight excluding hydrogens is 254 g/mol. The summed E-state index contributed by atoms with van der Waals surface area (Å²) < 4.78 is 0. The number of urea groups is 1. The number of carbonyl (C=O) groups excluding carboxylic acids is 2. The Morgan fingerprint density at radius 1 is 1.25 bits per heavy atom. The number of carbonyl (C=O) groups is 2. The van der Waals surface area contributed by atoms with Crippen LogP contribution in [0.5, 0.6) is 0 Å². The Morgan fingerprint density at radius 2 is 1.95 bits per heavy atom. The van der Waals surface area contributed by atoms with Crippen LogP contribution in [0.4, 0.5) is 4.79 Å². The van der Waals surface area contributed by atoms with Crippen molar-refractivity contribution in [2.24, 2.45) is 0 Å². The van der Waals surface area contributed by atoms with E-state index in [0.29, 0.717) is 13.1 Å². The smallest absolute Gasteiger partial charge is 0.321 e. The lowest BCUT2D eigenvalue weighted by atomic mass is 10.1. The van der Waals surface area contributed by atoms with E-state index in [-0.39, 0.29) is 12.5 Å². The van der Waals surface area contributed by atoms with Gasteiger partial charge in [0.25, 0.3) is 0 Å². The van der Waals surface area contributed by atoms with E-state index in [1.165, 1.54) is 11.1 Å². The second-order valence-electron chi connectivity index (χ2n) is 4.90. The number of likely N-dealkylation sites (N-methyl/N-ethyl adjacent to an activating group) is 1. The van der Waals surface area contributed by atoms with Gasteiger partial charge in [-0.05, 0) is 31.5 Å². The van der Waals surface area contributed by atoms with Gasteiger partial charge in [-0.25, -0.2) is 4.79 Å². The van der Waals surface area contributed by atoms with Crippen LogP contribution in [0.2, 0.25) is 0 Å². The minimum atomic E-state index is -0.429. The first-order valence-corrected chi connectivity index (χ1v) is 6.83. The molecule has 0 aliphatic heterocycles. The van der Waals surface area contributed by atoms with Gasteiger partial charge in [-0.3, -0.25) is 15.0 Å². The number of hydrogen-bond acceptors (Lipinski definition) is 3. The lowest BCUT2D eigenvalue weighted by Crippen LogP contribution is -2.43. The van der Waals surface area contributed by atoms with Crippen LogP contribution in [0.25, 0.3) is 0 Å². The number of aryl methyl sites for hydroxylation is 1. The zero-order valence-electron chi connectivity index (χ0n) is 12.4. The van der Waals surface area contributed by atoms with Crippen molar-refractivity contribution < 1.29 is 9.59 Å². The Kier molecular flexibility index (Phi) is 6.73. The highest BCUT2D eigenvalue weighted by atomic mass is 16.2. The molecule has 0 atom stereocenters. The normalized spacial score (nSPS) is 10.4. The molecule has 20 heavy (non-hydrogen) atoms. The number of benzene rings is 1. The SMILES string of the molecule is CCCNC(=O)NC(=O)CN(C)Cc1ccccc1C. The van der Waals surface area contributed by atoms with E-state index in [1.54, 1.807) is 0 Å². The second kappa shape index (κ2) is 8.32. The largest absolute Gasteiger partial charge is 0.338 e. The summed E-state index contributed by atoms with van der Waals surface area (Å²) in [6.45, 7) is 5.43. The molecule has 110 valence electrons. The monoisotopic (exact) mass is 277 g/mol. The molecule has 0 fully saturated rings. The molecule has 5 heteroatoms. The van der Waals surface area contributed by atoms with Gasteiger partial charge >= 0.3 is 6.03 Å². The Balaban J connectivity index is 2.38. The van der Waals surface area contributed by atoms with Gasteiger partial charge < -0.3 is 5.32 Å². The first-order valence-electron chi connectivity index (χ1n) is 6.83. The highest BCUT2D eigenvalue weighted by Crippen LogP contribution is 2.08. The fourth-order valence-corrected chi connectivity index (χ4v) is 1.83. The summed E-state index contributed by atoms with van der Waals surface area (Å²) >= 11 is 0. The van der Waals surface area contributed by atoms with Gasteiger partial charge in [0.1, 0.15) is 0 Å². The number of amides is 3. The molecule has 1 rings (SSSR count). The fraction of sp³-hybridized carbons (Fsp3) is 0.467. The van der Waals surface area contributed by atoms with Crippen molar-refractivity contribution in [1.29, 1.82) is 0 Å². The van der Waals surface area contributed by atoms with Crippen molar-refractivity contribution in [2.75, 3.05) is 20.1 Å².